The molecule has 0 aliphatic heterocycles. The van der Waals surface area contributed by atoms with Gasteiger partial charge in [-0.25, -0.2) is 5.43 Å². The molecule has 0 rings (SSSR count). The normalized spacial score (nSPS) is 11.8. The van der Waals surface area contributed by atoms with Gasteiger partial charge in [0.2, 0.25) is 0 Å². The molecule has 0 aromatic carbocycles. The maximum absolute atomic E-state index is 10.8. The number of rotatable bonds is 5. The Bertz CT molecular complexity index is 227. The van der Waals surface area contributed by atoms with Crippen LogP contribution in [0.5, 0.6) is 0 Å². The number of aliphatic hydroxyl groups excluding tert-OH is 1. The Labute approximate surface area is 75.2 Å². The van der Waals surface area contributed by atoms with Crippen LogP contribution < -0.4 is 10.9 Å². The van der Waals surface area contributed by atoms with Crippen molar-refractivity contribution in [2.24, 2.45) is 0 Å². The second-order valence-corrected chi connectivity index (χ2v) is 2.45. The topological polar surface area (TPSA) is 98.7 Å². The first-order valence-corrected chi connectivity index (χ1v) is 3.54. The Kier molecular flexibility index (Phi) is 4.71. The fourth-order valence-electron chi connectivity index (χ4n) is 0.445. The van der Waals surface area contributed by atoms with Crippen molar-refractivity contribution in [3.8, 4) is 0 Å². The lowest BCUT2D eigenvalue weighted by Crippen LogP contribution is -2.50. The molecule has 0 fully saturated rings. The summed E-state index contributed by atoms with van der Waals surface area (Å²) in [5.41, 5.74) is 4.47. The molecule has 0 aromatic rings. The number of aliphatic carboxylic acids is 1. The van der Waals surface area contributed by atoms with Gasteiger partial charge < -0.3 is 10.2 Å². The number of hydrogen-bond donors (Lipinski definition) is 4. The molecule has 0 spiro atoms. The van der Waals surface area contributed by atoms with E-state index in [-0.39, 0.29) is 5.57 Å². The van der Waals surface area contributed by atoms with E-state index in [1.54, 1.807) is 0 Å². The highest BCUT2D eigenvalue weighted by molar-refractivity contribution is 5.91. The number of hydrazine groups is 1. The summed E-state index contributed by atoms with van der Waals surface area (Å²) in [6, 6.07) is -1.21. The SMILES string of the molecule is C=C(C)C(=O)NN[C@@H](CO)C(=O)O. The van der Waals surface area contributed by atoms with E-state index in [0.29, 0.717) is 0 Å². The Morgan fingerprint density at radius 2 is 2.08 bits per heavy atom. The summed E-state index contributed by atoms with van der Waals surface area (Å²) in [7, 11) is 0. The zero-order chi connectivity index (χ0) is 10.4. The summed E-state index contributed by atoms with van der Waals surface area (Å²) in [6.07, 6.45) is 0. The molecule has 0 aliphatic rings. The van der Waals surface area contributed by atoms with Gasteiger partial charge >= 0.3 is 5.97 Å². The number of carbonyl (C=O) groups excluding carboxylic acids is 1. The van der Waals surface area contributed by atoms with Crippen LogP contribution in [-0.4, -0.2) is 34.7 Å². The fourth-order valence-corrected chi connectivity index (χ4v) is 0.445. The molecule has 4 N–H and O–H groups in total. The highest BCUT2D eigenvalue weighted by atomic mass is 16.4. The molecule has 0 bridgehead atoms. The minimum atomic E-state index is -1.25. The third kappa shape index (κ3) is 4.24. The monoisotopic (exact) mass is 188 g/mol. The molecule has 0 unspecified atom stereocenters. The van der Waals surface area contributed by atoms with E-state index in [1.807, 2.05) is 0 Å². The molecule has 1 atom stereocenters. The van der Waals surface area contributed by atoms with E-state index < -0.39 is 24.5 Å². The summed E-state index contributed by atoms with van der Waals surface area (Å²) >= 11 is 0. The van der Waals surface area contributed by atoms with E-state index in [4.69, 9.17) is 10.2 Å². The lowest BCUT2D eigenvalue weighted by Gasteiger charge is -2.12. The summed E-state index contributed by atoms with van der Waals surface area (Å²) in [5, 5.41) is 17.0. The van der Waals surface area contributed by atoms with Gasteiger partial charge in [-0.15, -0.1) is 0 Å². The molecule has 6 heteroatoms. The molecule has 0 saturated heterocycles. The van der Waals surface area contributed by atoms with Crippen LogP contribution in [0.2, 0.25) is 0 Å². The molecular formula is C7H12N2O4. The summed E-state index contributed by atoms with van der Waals surface area (Å²) in [5.74, 6) is -1.76. The minimum absolute atomic E-state index is 0.245. The average Bonchev–Trinajstić information content (AvgIpc) is 2.04. The molecule has 0 radical (unpaired) electrons. The summed E-state index contributed by atoms with van der Waals surface area (Å²) < 4.78 is 0. The molecule has 0 heterocycles. The van der Waals surface area contributed by atoms with Crippen LogP contribution in [0.4, 0.5) is 0 Å². The van der Waals surface area contributed by atoms with Crippen molar-refractivity contribution in [1.29, 1.82) is 0 Å². The number of carboxylic acids is 1. The molecule has 1 amide bonds. The molecule has 13 heavy (non-hydrogen) atoms. The second kappa shape index (κ2) is 5.28. The first kappa shape index (κ1) is 11.6. The molecule has 0 aromatic heterocycles. The zero-order valence-electron chi connectivity index (χ0n) is 7.20. The van der Waals surface area contributed by atoms with Crippen molar-refractivity contribution in [1.82, 2.24) is 10.9 Å². The highest BCUT2D eigenvalue weighted by Gasteiger charge is 2.15. The average molecular weight is 188 g/mol. The van der Waals surface area contributed by atoms with Crippen molar-refractivity contribution in [2.45, 2.75) is 13.0 Å². The van der Waals surface area contributed by atoms with Crippen molar-refractivity contribution < 1.29 is 19.8 Å². The first-order chi connectivity index (χ1) is 5.99. The summed E-state index contributed by atoms with van der Waals surface area (Å²) in [4.78, 5) is 21.2. The number of carbonyl (C=O) groups is 2. The van der Waals surface area contributed by atoms with E-state index >= 15 is 0 Å². The third-order valence-electron chi connectivity index (χ3n) is 1.23. The van der Waals surface area contributed by atoms with Gasteiger partial charge in [-0.05, 0) is 6.92 Å². The van der Waals surface area contributed by atoms with Crippen molar-refractivity contribution >= 4 is 11.9 Å². The van der Waals surface area contributed by atoms with Crippen molar-refractivity contribution in [3.63, 3.8) is 0 Å². The van der Waals surface area contributed by atoms with Crippen LogP contribution in [0.15, 0.2) is 12.2 Å². The molecule has 0 saturated carbocycles. The van der Waals surface area contributed by atoms with Gasteiger partial charge in [0.15, 0.2) is 0 Å². The first-order valence-electron chi connectivity index (χ1n) is 3.54. The molecule has 6 nitrogen and oxygen atoms in total. The standard InChI is InChI=1S/C7H12N2O4/c1-4(2)6(11)9-8-5(3-10)7(12)13/h5,8,10H,1,3H2,2H3,(H,9,11)(H,12,13)/t5-/m0/s1. The van der Waals surface area contributed by atoms with Crippen LogP contribution >= 0.6 is 0 Å². The van der Waals surface area contributed by atoms with Crippen molar-refractivity contribution in [2.75, 3.05) is 6.61 Å². The van der Waals surface area contributed by atoms with Crippen LogP contribution in [0, 0.1) is 0 Å². The Hall–Kier alpha value is -1.40. The van der Waals surface area contributed by atoms with E-state index in [1.165, 1.54) is 6.92 Å². The fraction of sp³-hybridized carbons (Fsp3) is 0.429. The second-order valence-electron chi connectivity index (χ2n) is 2.45. The van der Waals surface area contributed by atoms with Gasteiger partial charge in [0.1, 0.15) is 6.04 Å². The van der Waals surface area contributed by atoms with Gasteiger partial charge in [0, 0.05) is 5.57 Å². The lowest BCUT2D eigenvalue weighted by molar-refractivity contribution is -0.141. The van der Waals surface area contributed by atoms with Gasteiger partial charge in [-0.1, -0.05) is 6.58 Å². The van der Waals surface area contributed by atoms with Crippen LogP contribution in [0.25, 0.3) is 0 Å². The smallest absolute Gasteiger partial charge is 0.324 e. The molecule has 0 aliphatic carbocycles. The minimum Gasteiger partial charge on any atom is -0.480 e. The number of aliphatic hydroxyl groups is 1. The number of carboxylic acid groups (broad SMARTS) is 1. The van der Waals surface area contributed by atoms with E-state index in [0.717, 1.165) is 0 Å². The number of amides is 1. The van der Waals surface area contributed by atoms with Gasteiger partial charge in [0.05, 0.1) is 6.61 Å². The molecule has 74 valence electrons. The number of nitrogens with one attached hydrogen (secondary N) is 2. The Morgan fingerprint density at radius 1 is 1.54 bits per heavy atom. The molecular weight excluding hydrogens is 176 g/mol. The zero-order valence-corrected chi connectivity index (χ0v) is 7.20. The van der Waals surface area contributed by atoms with Crippen molar-refractivity contribution in [3.05, 3.63) is 12.2 Å². The largest absolute Gasteiger partial charge is 0.480 e. The predicted molar refractivity (Wildman–Crippen MR) is 44.6 cm³/mol. The Balaban J connectivity index is 3.92. The highest BCUT2D eigenvalue weighted by Crippen LogP contribution is 1.85. The van der Waals surface area contributed by atoms with Gasteiger partial charge in [-0.2, -0.15) is 0 Å². The van der Waals surface area contributed by atoms with E-state index in [9.17, 15) is 9.59 Å². The van der Waals surface area contributed by atoms with Crippen LogP contribution in [0.1, 0.15) is 6.92 Å². The van der Waals surface area contributed by atoms with E-state index in [2.05, 4.69) is 17.4 Å². The van der Waals surface area contributed by atoms with Gasteiger partial charge in [0.25, 0.3) is 5.91 Å². The van der Waals surface area contributed by atoms with Crippen LogP contribution in [-0.2, 0) is 9.59 Å². The maximum atomic E-state index is 10.8. The quantitative estimate of drug-likeness (QED) is 0.315. The lowest BCUT2D eigenvalue weighted by atomic mass is 10.3. The summed E-state index contributed by atoms with van der Waals surface area (Å²) in [6.45, 7) is 4.21. The Morgan fingerprint density at radius 3 is 2.38 bits per heavy atom. The van der Waals surface area contributed by atoms with Crippen LogP contribution in [0.3, 0.4) is 0 Å². The van der Waals surface area contributed by atoms with Gasteiger partial charge in [-0.3, -0.25) is 15.0 Å². The predicted octanol–water partition coefficient (Wildman–Crippen LogP) is -1.37. The maximum Gasteiger partial charge on any atom is 0.324 e. The number of hydrogen-bond acceptors (Lipinski definition) is 4. The third-order valence-corrected chi connectivity index (χ3v) is 1.23.